The summed E-state index contributed by atoms with van der Waals surface area (Å²) in [6.07, 6.45) is 0. The predicted molar refractivity (Wildman–Crippen MR) is 63.6 cm³/mol. The van der Waals surface area contributed by atoms with E-state index in [0.717, 1.165) is 4.88 Å². The molecule has 0 aliphatic rings. The van der Waals surface area contributed by atoms with Gasteiger partial charge in [0.15, 0.2) is 5.60 Å². The first-order valence-corrected chi connectivity index (χ1v) is 5.92. The van der Waals surface area contributed by atoms with Crippen LogP contribution in [0.3, 0.4) is 0 Å². The lowest BCUT2D eigenvalue weighted by atomic mass is 10.1. The predicted octanol–water partition coefficient (Wildman–Crippen LogP) is 1.58. The normalized spacial score (nSPS) is 17.1. The van der Waals surface area contributed by atoms with Crippen LogP contribution < -0.4 is 0 Å². The fourth-order valence-corrected chi connectivity index (χ4v) is 2.28. The van der Waals surface area contributed by atoms with Crippen molar-refractivity contribution >= 4 is 17.3 Å². The number of aliphatic hydroxyl groups is 1. The van der Waals surface area contributed by atoms with Gasteiger partial charge < -0.3 is 10.2 Å². The standard InChI is InChI=1S/C11H17NO3S/c1-8(9-5-4-6-16-9)12(3)7-11(2,15)10(13)14/h4-6,8,15H,7H2,1-3H3,(H,13,14). The van der Waals surface area contributed by atoms with E-state index in [2.05, 4.69) is 0 Å². The van der Waals surface area contributed by atoms with Crippen molar-refractivity contribution in [3.8, 4) is 0 Å². The molecule has 0 radical (unpaired) electrons. The Hall–Kier alpha value is -0.910. The van der Waals surface area contributed by atoms with E-state index in [4.69, 9.17) is 5.11 Å². The zero-order valence-corrected chi connectivity index (χ0v) is 10.5. The highest BCUT2D eigenvalue weighted by molar-refractivity contribution is 7.10. The van der Waals surface area contributed by atoms with Gasteiger partial charge >= 0.3 is 5.97 Å². The van der Waals surface area contributed by atoms with Gasteiger partial charge in [0.1, 0.15) is 0 Å². The molecule has 16 heavy (non-hydrogen) atoms. The fraction of sp³-hybridized carbons (Fsp3) is 0.545. The van der Waals surface area contributed by atoms with Gasteiger partial charge in [-0.3, -0.25) is 4.90 Å². The van der Waals surface area contributed by atoms with E-state index in [9.17, 15) is 9.90 Å². The lowest BCUT2D eigenvalue weighted by molar-refractivity contribution is -0.158. The summed E-state index contributed by atoms with van der Waals surface area (Å²) in [4.78, 5) is 13.8. The molecule has 0 amide bonds. The van der Waals surface area contributed by atoms with Crippen LogP contribution in [0.5, 0.6) is 0 Å². The zero-order chi connectivity index (χ0) is 12.3. The van der Waals surface area contributed by atoms with E-state index in [1.807, 2.05) is 36.4 Å². The molecule has 0 fully saturated rings. The summed E-state index contributed by atoms with van der Waals surface area (Å²) in [6.45, 7) is 3.40. The van der Waals surface area contributed by atoms with Gasteiger partial charge in [0, 0.05) is 17.5 Å². The number of hydrogen-bond acceptors (Lipinski definition) is 4. The SMILES string of the molecule is CC(c1cccs1)N(C)CC(C)(O)C(=O)O. The van der Waals surface area contributed by atoms with Crippen LogP contribution >= 0.6 is 11.3 Å². The summed E-state index contributed by atoms with van der Waals surface area (Å²) in [6, 6.07) is 4.06. The smallest absolute Gasteiger partial charge is 0.336 e. The molecule has 2 atom stereocenters. The van der Waals surface area contributed by atoms with Crippen LogP contribution in [-0.4, -0.2) is 40.3 Å². The molecule has 1 rings (SSSR count). The molecule has 1 aromatic rings. The molecule has 0 bridgehead atoms. The van der Waals surface area contributed by atoms with Crippen molar-refractivity contribution in [2.24, 2.45) is 0 Å². The molecule has 0 saturated heterocycles. The Labute approximate surface area is 99.1 Å². The molecule has 0 saturated carbocycles. The third kappa shape index (κ3) is 3.04. The summed E-state index contributed by atoms with van der Waals surface area (Å²) in [5.41, 5.74) is -1.71. The summed E-state index contributed by atoms with van der Waals surface area (Å²) in [5.74, 6) is -1.20. The maximum absolute atomic E-state index is 10.8. The molecule has 2 N–H and O–H groups in total. The number of likely N-dealkylation sites (N-methyl/N-ethyl adjacent to an activating group) is 1. The number of hydrogen-bond donors (Lipinski definition) is 2. The summed E-state index contributed by atoms with van der Waals surface area (Å²) >= 11 is 1.62. The highest BCUT2D eigenvalue weighted by Crippen LogP contribution is 2.24. The number of carbonyl (C=O) groups is 1. The van der Waals surface area contributed by atoms with Crippen LogP contribution in [-0.2, 0) is 4.79 Å². The number of carboxylic acid groups (broad SMARTS) is 1. The number of carboxylic acids is 1. The van der Waals surface area contributed by atoms with E-state index in [0.29, 0.717) is 0 Å². The number of aliphatic carboxylic acids is 1. The van der Waals surface area contributed by atoms with Crippen molar-refractivity contribution in [2.75, 3.05) is 13.6 Å². The Morgan fingerprint density at radius 3 is 2.75 bits per heavy atom. The first-order chi connectivity index (χ1) is 7.34. The quantitative estimate of drug-likeness (QED) is 0.824. The molecule has 1 aromatic heterocycles. The number of nitrogens with zero attached hydrogens (tertiary/aromatic N) is 1. The van der Waals surface area contributed by atoms with Gasteiger partial charge in [-0.05, 0) is 32.3 Å². The van der Waals surface area contributed by atoms with E-state index in [1.54, 1.807) is 11.3 Å². The van der Waals surface area contributed by atoms with Crippen molar-refractivity contribution in [1.82, 2.24) is 4.90 Å². The van der Waals surface area contributed by atoms with Gasteiger partial charge in [0.05, 0.1) is 0 Å². The Kier molecular flexibility index (Phi) is 4.07. The topological polar surface area (TPSA) is 60.8 Å². The van der Waals surface area contributed by atoms with E-state index < -0.39 is 11.6 Å². The van der Waals surface area contributed by atoms with Crippen LogP contribution in [0, 0.1) is 0 Å². The monoisotopic (exact) mass is 243 g/mol. The van der Waals surface area contributed by atoms with Crippen LogP contribution in [0.2, 0.25) is 0 Å². The summed E-state index contributed by atoms with van der Waals surface area (Å²) in [5, 5.41) is 20.5. The molecule has 0 spiro atoms. The minimum absolute atomic E-state index is 0.0986. The largest absolute Gasteiger partial charge is 0.479 e. The molecule has 2 unspecified atom stereocenters. The number of rotatable bonds is 5. The van der Waals surface area contributed by atoms with E-state index >= 15 is 0 Å². The lowest BCUT2D eigenvalue weighted by Crippen LogP contribution is -2.46. The van der Waals surface area contributed by atoms with Gasteiger partial charge in [0.25, 0.3) is 0 Å². The van der Waals surface area contributed by atoms with Crippen LogP contribution in [0.25, 0.3) is 0 Å². The molecule has 0 aromatic carbocycles. The first-order valence-electron chi connectivity index (χ1n) is 5.04. The van der Waals surface area contributed by atoms with Crippen LogP contribution in [0.15, 0.2) is 17.5 Å². The second-order valence-corrected chi connectivity index (χ2v) is 5.16. The maximum atomic E-state index is 10.8. The molecule has 90 valence electrons. The highest BCUT2D eigenvalue weighted by atomic mass is 32.1. The van der Waals surface area contributed by atoms with Gasteiger partial charge in [-0.1, -0.05) is 6.07 Å². The highest BCUT2D eigenvalue weighted by Gasteiger charge is 2.32. The first kappa shape index (κ1) is 13.2. The fourth-order valence-electron chi connectivity index (χ4n) is 1.44. The van der Waals surface area contributed by atoms with Gasteiger partial charge in [0.2, 0.25) is 0 Å². The molecular weight excluding hydrogens is 226 g/mol. The van der Waals surface area contributed by atoms with Gasteiger partial charge in [-0.25, -0.2) is 4.79 Å². The summed E-state index contributed by atoms with van der Waals surface area (Å²) < 4.78 is 0. The molecule has 0 aliphatic carbocycles. The van der Waals surface area contributed by atoms with Crippen molar-refractivity contribution < 1.29 is 15.0 Å². The van der Waals surface area contributed by atoms with Crippen molar-refractivity contribution in [2.45, 2.75) is 25.5 Å². The van der Waals surface area contributed by atoms with E-state index in [-0.39, 0.29) is 12.6 Å². The second kappa shape index (κ2) is 4.95. The van der Waals surface area contributed by atoms with Gasteiger partial charge in [-0.2, -0.15) is 0 Å². The Morgan fingerprint density at radius 2 is 2.31 bits per heavy atom. The van der Waals surface area contributed by atoms with Crippen molar-refractivity contribution in [1.29, 1.82) is 0 Å². The molecular formula is C11H17NO3S. The molecule has 1 heterocycles. The second-order valence-electron chi connectivity index (χ2n) is 4.19. The third-order valence-corrected chi connectivity index (χ3v) is 3.68. The summed E-state index contributed by atoms with van der Waals surface area (Å²) in [7, 11) is 1.81. The average Bonchev–Trinajstić information content (AvgIpc) is 2.68. The third-order valence-electron chi connectivity index (χ3n) is 2.63. The minimum Gasteiger partial charge on any atom is -0.479 e. The van der Waals surface area contributed by atoms with Crippen molar-refractivity contribution in [3.63, 3.8) is 0 Å². The Bertz CT molecular complexity index is 348. The van der Waals surface area contributed by atoms with Crippen LogP contribution in [0.1, 0.15) is 24.8 Å². The lowest BCUT2D eigenvalue weighted by Gasteiger charge is -2.29. The molecule has 5 heteroatoms. The minimum atomic E-state index is -1.71. The Morgan fingerprint density at radius 1 is 1.69 bits per heavy atom. The number of thiophene rings is 1. The maximum Gasteiger partial charge on any atom is 0.336 e. The van der Waals surface area contributed by atoms with E-state index in [1.165, 1.54) is 6.92 Å². The average molecular weight is 243 g/mol. The van der Waals surface area contributed by atoms with Crippen molar-refractivity contribution in [3.05, 3.63) is 22.4 Å². The molecule has 4 nitrogen and oxygen atoms in total. The zero-order valence-electron chi connectivity index (χ0n) is 9.67. The molecule has 0 aliphatic heterocycles. The van der Waals surface area contributed by atoms with Gasteiger partial charge in [-0.15, -0.1) is 11.3 Å². The van der Waals surface area contributed by atoms with Crippen LogP contribution in [0.4, 0.5) is 0 Å². The Balaban J connectivity index is 2.66.